The van der Waals surface area contributed by atoms with E-state index in [1.807, 2.05) is 4.90 Å². The number of sulfone groups is 1. The Kier molecular flexibility index (Phi) is 5.88. The Hall–Kier alpha value is -3.01. The highest BCUT2D eigenvalue weighted by Gasteiger charge is 2.23. The Labute approximate surface area is 162 Å². The van der Waals surface area contributed by atoms with Crippen molar-refractivity contribution in [2.45, 2.75) is 4.90 Å². The molecule has 2 aromatic rings. The van der Waals surface area contributed by atoms with Crippen molar-refractivity contribution < 1.29 is 22.7 Å². The predicted octanol–water partition coefficient (Wildman–Crippen LogP) is 0.386. The van der Waals surface area contributed by atoms with Gasteiger partial charge in [0.2, 0.25) is 5.95 Å². The number of ether oxygens (including phenoxy) is 1. The minimum absolute atomic E-state index is 0.111. The molecule has 2 heterocycles. The number of benzene rings is 1. The zero-order valence-electron chi connectivity index (χ0n) is 15.3. The summed E-state index contributed by atoms with van der Waals surface area (Å²) in [7, 11) is -3.34. The number of aromatic nitrogens is 2. The molecule has 3 rings (SSSR count). The highest BCUT2D eigenvalue weighted by Crippen LogP contribution is 2.12. The molecule has 0 atom stereocenters. The van der Waals surface area contributed by atoms with Gasteiger partial charge in [0.1, 0.15) is 0 Å². The molecule has 0 aliphatic carbocycles. The SMILES string of the molecule is CS(=O)(=O)c1ccc(C(=O)OCC(=O)N2CCN(c3ncccn3)CC2)cc1. The maximum absolute atomic E-state index is 12.3. The van der Waals surface area contributed by atoms with Crippen LogP contribution >= 0.6 is 0 Å². The van der Waals surface area contributed by atoms with Crippen LogP contribution in [0.1, 0.15) is 10.4 Å². The van der Waals surface area contributed by atoms with Gasteiger partial charge in [0.15, 0.2) is 16.4 Å². The maximum Gasteiger partial charge on any atom is 0.338 e. The van der Waals surface area contributed by atoms with Crippen LogP contribution in [0.4, 0.5) is 5.95 Å². The lowest BCUT2D eigenvalue weighted by atomic mass is 10.2. The van der Waals surface area contributed by atoms with Crippen LogP contribution < -0.4 is 4.90 Å². The van der Waals surface area contributed by atoms with Crippen LogP contribution in [0, 0.1) is 0 Å². The molecule has 1 aliphatic heterocycles. The van der Waals surface area contributed by atoms with Crippen LogP contribution in [-0.4, -0.2) is 74.2 Å². The molecule has 1 fully saturated rings. The molecule has 1 aromatic carbocycles. The minimum atomic E-state index is -3.34. The van der Waals surface area contributed by atoms with Crippen molar-refractivity contribution in [3.05, 3.63) is 48.3 Å². The third kappa shape index (κ3) is 4.83. The van der Waals surface area contributed by atoms with E-state index in [1.54, 1.807) is 23.4 Å². The summed E-state index contributed by atoms with van der Waals surface area (Å²) in [5.41, 5.74) is 0.186. The summed E-state index contributed by atoms with van der Waals surface area (Å²) in [6.07, 6.45) is 4.42. The second-order valence-electron chi connectivity index (χ2n) is 6.29. The summed E-state index contributed by atoms with van der Waals surface area (Å²) in [5.74, 6) is -0.335. The van der Waals surface area contributed by atoms with E-state index in [9.17, 15) is 18.0 Å². The van der Waals surface area contributed by atoms with Crippen LogP contribution in [0.25, 0.3) is 0 Å². The summed E-state index contributed by atoms with van der Waals surface area (Å²) in [6.45, 7) is 1.79. The monoisotopic (exact) mass is 404 g/mol. The Morgan fingerprint density at radius 2 is 1.64 bits per heavy atom. The smallest absolute Gasteiger partial charge is 0.338 e. The van der Waals surface area contributed by atoms with E-state index in [2.05, 4.69) is 9.97 Å². The molecule has 10 heteroatoms. The number of piperazine rings is 1. The van der Waals surface area contributed by atoms with Gasteiger partial charge < -0.3 is 14.5 Å². The standard InChI is InChI=1S/C18H20N4O5S/c1-28(25,26)15-5-3-14(4-6-15)17(24)27-13-16(23)21-9-11-22(12-10-21)18-19-7-2-8-20-18/h2-8H,9-13H2,1H3. The number of anilines is 1. The molecule has 0 N–H and O–H groups in total. The van der Waals surface area contributed by atoms with Gasteiger partial charge in [-0.05, 0) is 30.3 Å². The second kappa shape index (κ2) is 8.34. The van der Waals surface area contributed by atoms with Gasteiger partial charge >= 0.3 is 5.97 Å². The van der Waals surface area contributed by atoms with Gasteiger partial charge in [-0.3, -0.25) is 4.79 Å². The highest BCUT2D eigenvalue weighted by atomic mass is 32.2. The average Bonchev–Trinajstić information content (AvgIpc) is 2.72. The quantitative estimate of drug-likeness (QED) is 0.658. The van der Waals surface area contributed by atoms with Gasteiger partial charge in [-0.25, -0.2) is 23.2 Å². The summed E-state index contributed by atoms with van der Waals surface area (Å²) >= 11 is 0. The molecule has 1 aromatic heterocycles. The summed E-state index contributed by atoms with van der Waals surface area (Å²) in [4.78, 5) is 36.4. The second-order valence-corrected chi connectivity index (χ2v) is 8.31. The zero-order chi connectivity index (χ0) is 20.1. The van der Waals surface area contributed by atoms with Gasteiger partial charge in [0.25, 0.3) is 5.91 Å². The van der Waals surface area contributed by atoms with Crippen LogP contribution in [0.3, 0.4) is 0 Å². The number of hydrogen-bond donors (Lipinski definition) is 0. The molecule has 0 spiro atoms. The van der Waals surface area contributed by atoms with Crippen molar-refractivity contribution in [2.75, 3.05) is 43.9 Å². The molecular weight excluding hydrogens is 384 g/mol. The molecule has 0 unspecified atom stereocenters. The van der Waals surface area contributed by atoms with Gasteiger partial charge in [-0.15, -0.1) is 0 Å². The first-order valence-corrected chi connectivity index (χ1v) is 10.5. The van der Waals surface area contributed by atoms with Crippen molar-refractivity contribution in [3.8, 4) is 0 Å². The zero-order valence-corrected chi connectivity index (χ0v) is 16.1. The first-order valence-electron chi connectivity index (χ1n) is 8.61. The Bertz CT molecular complexity index is 940. The number of nitrogens with zero attached hydrogens (tertiary/aromatic N) is 4. The first kappa shape index (κ1) is 19.7. The van der Waals surface area contributed by atoms with Crippen LogP contribution in [0.15, 0.2) is 47.6 Å². The van der Waals surface area contributed by atoms with Gasteiger partial charge in [0, 0.05) is 44.8 Å². The summed E-state index contributed by atoms with van der Waals surface area (Å²) in [6, 6.07) is 7.13. The number of esters is 1. The van der Waals surface area contributed by atoms with E-state index < -0.39 is 15.8 Å². The fraction of sp³-hybridized carbons (Fsp3) is 0.333. The number of carbonyl (C=O) groups excluding carboxylic acids is 2. The largest absolute Gasteiger partial charge is 0.452 e. The van der Waals surface area contributed by atoms with E-state index in [1.165, 1.54) is 24.3 Å². The van der Waals surface area contributed by atoms with Crippen molar-refractivity contribution in [1.82, 2.24) is 14.9 Å². The molecule has 1 amide bonds. The molecule has 0 radical (unpaired) electrons. The Morgan fingerprint density at radius 3 is 2.21 bits per heavy atom. The van der Waals surface area contributed by atoms with Crippen molar-refractivity contribution in [2.24, 2.45) is 0 Å². The van der Waals surface area contributed by atoms with Gasteiger partial charge in [-0.2, -0.15) is 0 Å². The predicted molar refractivity (Wildman–Crippen MR) is 101 cm³/mol. The van der Waals surface area contributed by atoms with E-state index in [0.717, 1.165) is 6.26 Å². The third-order valence-corrected chi connectivity index (χ3v) is 5.44. The van der Waals surface area contributed by atoms with E-state index in [4.69, 9.17) is 4.74 Å². The molecule has 1 saturated heterocycles. The Balaban J connectivity index is 1.48. The van der Waals surface area contributed by atoms with Gasteiger partial charge in [-0.1, -0.05) is 0 Å². The number of amides is 1. The molecule has 28 heavy (non-hydrogen) atoms. The molecule has 0 bridgehead atoms. The molecular formula is C18H20N4O5S. The van der Waals surface area contributed by atoms with Crippen molar-refractivity contribution in [1.29, 1.82) is 0 Å². The van der Waals surface area contributed by atoms with Gasteiger partial charge in [0.05, 0.1) is 10.5 Å². The van der Waals surface area contributed by atoms with Crippen LogP contribution in [0.5, 0.6) is 0 Å². The van der Waals surface area contributed by atoms with E-state index in [0.29, 0.717) is 32.1 Å². The van der Waals surface area contributed by atoms with Crippen molar-refractivity contribution >= 4 is 27.7 Å². The van der Waals surface area contributed by atoms with E-state index >= 15 is 0 Å². The lowest BCUT2D eigenvalue weighted by molar-refractivity contribution is -0.134. The topological polar surface area (TPSA) is 110 Å². The molecule has 9 nitrogen and oxygen atoms in total. The molecule has 148 valence electrons. The molecule has 1 aliphatic rings. The first-order chi connectivity index (χ1) is 13.3. The fourth-order valence-electron chi connectivity index (χ4n) is 2.75. The number of rotatable bonds is 5. The highest BCUT2D eigenvalue weighted by molar-refractivity contribution is 7.90. The minimum Gasteiger partial charge on any atom is -0.452 e. The van der Waals surface area contributed by atoms with E-state index in [-0.39, 0.29) is 23.0 Å². The third-order valence-electron chi connectivity index (χ3n) is 4.31. The maximum atomic E-state index is 12.3. The number of hydrogen-bond acceptors (Lipinski definition) is 8. The normalized spacial score (nSPS) is 14.6. The lowest BCUT2D eigenvalue weighted by Crippen LogP contribution is -2.50. The number of carbonyl (C=O) groups is 2. The average molecular weight is 404 g/mol. The summed E-state index contributed by atoms with van der Waals surface area (Å²) < 4.78 is 27.9. The van der Waals surface area contributed by atoms with Crippen molar-refractivity contribution in [3.63, 3.8) is 0 Å². The Morgan fingerprint density at radius 1 is 1.04 bits per heavy atom. The van der Waals surface area contributed by atoms with Crippen LogP contribution in [-0.2, 0) is 19.4 Å². The molecule has 0 saturated carbocycles. The fourth-order valence-corrected chi connectivity index (χ4v) is 3.38. The van der Waals surface area contributed by atoms with Crippen LogP contribution in [0.2, 0.25) is 0 Å². The summed E-state index contributed by atoms with van der Waals surface area (Å²) in [5, 5.41) is 0. The lowest BCUT2D eigenvalue weighted by Gasteiger charge is -2.34.